The van der Waals surface area contributed by atoms with E-state index in [1.807, 2.05) is 14.0 Å². The van der Waals surface area contributed by atoms with Gasteiger partial charge in [0.1, 0.15) is 5.69 Å². The summed E-state index contributed by atoms with van der Waals surface area (Å²) in [6, 6.07) is 0. The number of carbonyl (C=O) groups is 1. The summed E-state index contributed by atoms with van der Waals surface area (Å²) in [4.78, 5) is 17.5. The summed E-state index contributed by atoms with van der Waals surface area (Å²) in [5, 5.41) is 5.72. The average molecular weight is 213 g/mol. The Morgan fingerprint density at radius 2 is 2.43 bits per heavy atom. The molecule has 0 saturated carbocycles. The number of nitrogens with zero attached hydrogens (tertiary/aromatic N) is 2. The molecule has 0 spiro atoms. The molecule has 1 N–H and O–H groups in total. The van der Waals surface area contributed by atoms with Gasteiger partial charge < -0.3 is 10.2 Å². The topological polar surface area (TPSA) is 45.2 Å². The van der Waals surface area contributed by atoms with Crippen LogP contribution in [0, 0.1) is 6.92 Å². The molecule has 1 heterocycles. The van der Waals surface area contributed by atoms with E-state index in [1.54, 1.807) is 17.3 Å². The van der Waals surface area contributed by atoms with Crippen LogP contribution >= 0.6 is 11.3 Å². The van der Waals surface area contributed by atoms with Crippen LogP contribution in [0.3, 0.4) is 0 Å². The fraction of sp³-hybridized carbons (Fsp3) is 0.556. The number of thiazole rings is 1. The van der Waals surface area contributed by atoms with Gasteiger partial charge in [-0.3, -0.25) is 4.79 Å². The first-order chi connectivity index (χ1) is 6.65. The van der Waals surface area contributed by atoms with Crippen molar-refractivity contribution in [2.24, 2.45) is 0 Å². The molecular formula is C9H15N3OS. The quantitative estimate of drug-likeness (QED) is 0.802. The molecule has 0 aromatic carbocycles. The van der Waals surface area contributed by atoms with Crippen LogP contribution in [-0.2, 0) is 0 Å². The molecule has 0 radical (unpaired) electrons. The third kappa shape index (κ3) is 2.78. The molecule has 4 nitrogen and oxygen atoms in total. The van der Waals surface area contributed by atoms with E-state index in [-0.39, 0.29) is 5.91 Å². The van der Waals surface area contributed by atoms with E-state index in [0.717, 1.165) is 11.6 Å². The summed E-state index contributed by atoms with van der Waals surface area (Å²) in [5.74, 6) is -0.00963. The van der Waals surface area contributed by atoms with Gasteiger partial charge in [0.25, 0.3) is 5.91 Å². The van der Waals surface area contributed by atoms with Crippen LogP contribution in [0.15, 0.2) is 5.38 Å². The second-order valence-electron chi connectivity index (χ2n) is 3.08. The van der Waals surface area contributed by atoms with Crippen LogP contribution in [0.4, 0.5) is 0 Å². The second-order valence-corrected chi connectivity index (χ2v) is 4.14. The lowest BCUT2D eigenvalue weighted by Gasteiger charge is -2.15. The SMILES string of the molecule is CNCCN(C)C(=O)c1csc(C)n1. The van der Waals surface area contributed by atoms with Crippen molar-refractivity contribution < 1.29 is 4.79 Å². The second kappa shape index (κ2) is 5.07. The van der Waals surface area contributed by atoms with Gasteiger partial charge in [0.05, 0.1) is 5.01 Å². The first-order valence-electron chi connectivity index (χ1n) is 4.47. The zero-order valence-electron chi connectivity index (χ0n) is 8.70. The minimum absolute atomic E-state index is 0.00963. The molecule has 78 valence electrons. The third-order valence-corrected chi connectivity index (χ3v) is 2.66. The standard InChI is InChI=1S/C9H15N3OS/c1-7-11-8(6-14-7)9(13)12(3)5-4-10-2/h6,10H,4-5H2,1-3H3. The van der Waals surface area contributed by atoms with Gasteiger partial charge in [-0.15, -0.1) is 11.3 Å². The number of carbonyl (C=O) groups excluding carboxylic acids is 1. The highest BCUT2D eigenvalue weighted by atomic mass is 32.1. The molecule has 0 aliphatic carbocycles. The van der Waals surface area contributed by atoms with Crippen LogP contribution in [-0.4, -0.2) is 43.0 Å². The number of amides is 1. The van der Waals surface area contributed by atoms with Gasteiger partial charge in [-0.2, -0.15) is 0 Å². The Kier molecular flexibility index (Phi) is 4.03. The van der Waals surface area contributed by atoms with E-state index in [1.165, 1.54) is 11.3 Å². The largest absolute Gasteiger partial charge is 0.339 e. The van der Waals surface area contributed by atoms with Crippen molar-refractivity contribution in [3.63, 3.8) is 0 Å². The van der Waals surface area contributed by atoms with Crippen LogP contribution in [0.2, 0.25) is 0 Å². The monoisotopic (exact) mass is 213 g/mol. The predicted octanol–water partition coefficient (Wildman–Crippen LogP) is 0.743. The molecule has 5 heteroatoms. The number of aryl methyl sites for hydroxylation is 1. The highest BCUT2D eigenvalue weighted by molar-refractivity contribution is 7.09. The number of aromatic nitrogens is 1. The van der Waals surface area contributed by atoms with E-state index in [9.17, 15) is 4.79 Å². The van der Waals surface area contributed by atoms with Crippen molar-refractivity contribution in [3.05, 3.63) is 16.1 Å². The van der Waals surface area contributed by atoms with Gasteiger partial charge in [-0.25, -0.2) is 4.98 Å². The van der Waals surface area contributed by atoms with Gasteiger partial charge in [-0.1, -0.05) is 0 Å². The molecule has 0 aliphatic heterocycles. The lowest BCUT2D eigenvalue weighted by molar-refractivity contribution is 0.0792. The van der Waals surface area contributed by atoms with Gasteiger partial charge in [0.15, 0.2) is 0 Å². The van der Waals surface area contributed by atoms with Crippen LogP contribution in [0.1, 0.15) is 15.5 Å². The molecule has 1 amide bonds. The Bertz CT molecular complexity index is 311. The molecule has 0 aliphatic rings. The maximum atomic E-state index is 11.7. The highest BCUT2D eigenvalue weighted by Gasteiger charge is 2.13. The maximum absolute atomic E-state index is 11.7. The third-order valence-electron chi connectivity index (χ3n) is 1.88. The van der Waals surface area contributed by atoms with E-state index in [0.29, 0.717) is 12.2 Å². The van der Waals surface area contributed by atoms with Gasteiger partial charge in [0, 0.05) is 25.5 Å². The van der Waals surface area contributed by atoms with Gasteiger partial charge in [-0.05, 0) is 14.0 Å². The molecule has 0 bridgehead atoms. The first kappa shape index (κ1) is 11.1. The number of likely N-dealkylation sites (N-methyl/N-ethyl adjacent to an activating group) is 2. The van der Waals surface area contributed by atoms with Crippen molar-refractivity contribution in [2.75, 3.05) is 27.2 Å². The smallest absolute Gasteiger partial charge is 0.273 e. The number of hydrogen-bond donors (Lipinski definition) is 1. The summed E-state index contributed by atoms with van der Waals surface area (Å²) in [5.41, 5.74) is 0.547. The number of hydrogen-bond acceptors (Lipinski definition) is 4. The summed E-state index contributed by atoms with van der Waals surface area (Å²) in [7, 11) is 3.65. The van der Waals surface area contributed by atoms with Crippen molar-refractivity contribution in [1.82, 2.24) is 15.2 Å². The first-order valence-corrected chi connectivity index (χ1v) is 5.35. The van der Waals surface area contributed by atoms with Crippen molar-refractivity contribution in [1.29, 1.82) is 0 Å². The molecule has 1 aromatic rings. The Morgan fingerprint density at radius 1 is 1.71 bits per heavy atom. The van der Waals surface area contributed by atoms with E-state index in [2.05, 4.69) is 10.3 Å². The average Bonchev–Trinajstić information content (AvgIpc) is 2.60. The molecule has 0 unspecified atom stereocenters. The fourth-order valence-electron chi connectivity index (χ4n) is 1.04. The number of rotatable bonds is 4. The van der Waals surface area contributed by atoms with Crippen molar-refractivity contribution in [3.8, 4) is 0 Å². The molecule has 0 saturated heterocycles. The predicted molar refractivity (Wildman–Crippen MR) is 57.7 cm³/mol. The van der Waals surface area contributed by atoms with E-state index < -0.39 is 0 Å². The van der Waals surface area contributed by atoms with E-state index in [4.69, 9.17) is 0 Å². The molecule has 1 aromatic heterocycles. The molecule has 0 atom stereocenters. The molecule has 1 rings (SSSR count). The lowest BCUT2D eigenvalue weighted by Crippen LogP contribution is -2.32. The molecule has 0 fully saturated rings. The van der Waals surface area contributed by atoms with Crippen molar-refractivity contribution >= 4 is 17.2 Å². The maximum Gasteiger partial charge on any atom is 0.273 e. The Balaban J connectivity index is 2.56. The van der Waals surface area contributed by atoms with Gasteiger partial charge >= 0.3 is 0 Å². The summed E-state index contributed by atoms with van der Waals surface area (Å²) in [6.45, 7) is 3.40. The lowest BCUT2D eigenvalue weighted by atomic mass is 10.4. The van der Waals surface area contributed by atoms with E-state index >= 15 is 0 Å². The number of nitrogens with one attached hydrogen (secondary N) is 1. The molecule has 14 heavy (non-hydrogen) atoms. The Morgan fingerprint density at radius 3 is 2.93 bits per heavy atom. The molecular weight excluding hydrogens is 198 g/mol. The fourth-order valence-corrected chi connectivity index (χ4v) is 1.63. The Labute approximate surface area is 88.0 Å². The van der Waals surface area contributed by atoms with Crippen LogP contribution in [0.5, 0.6) is 0 Å². The summed E-state index contributed by atoms with van der Waals surface area (Å²) >= 11 is 1.50. The zero-order chi connectivity index (χ0) is 10.6. The van der Waals surface area contributed by atoms with Gasteiger partial charge in [0.2, 0.25) is 0 Å². The summed E-state index contributed by atoms with van der Waals surface area (Å²) < 4.78 is 0. The summed E-state index contributed by atoms with van der Waals surface area (Å²) in [6.07, 6.45) is 0. The minimum Gasteiger partial charge on any atom is -0.339 e. The Hall–Kier alpha value is -0.940. The van der Waals surface area contributed by atoms with Crippen LogP contribution in [0.25, 0.3) is 0 Å². The zero-order valence-corrected chi connectivity index (χ0v) is 9.52. The normalized spacial score (nSPS) is 10.2. The van der Waals surface area contributed by atoms with Crippen LogP contribution < -0.4 is 5.32 Å². The minimum atomic E-state index is -0.00963. The van der Waals surface area contributed by atoms with Crippen molar-refractivity contribution in [2.45, 2.75) is 6.92 Å². The highest BCUT2D eigenvalue weighted by Crippen LogP contribution is 2.09.